The number of aryl methyl sites for hydroxylation is 1. The summed E-state index contributed by atoms with van der Waals surface area (Å²) in [6, 6.07) is 6.11. The molecule has 5 heteroatoms. The molecule has 1 aromatic carbocycles. The van der Waals surface area contributed by atoms with Crippen molar-refractivity contribution >= 4 is 5.96 Å². The van der Waals surface area contributed by atoms with Gasteiger partial charge in [-0.25, -0.2) is 0 Å². The summed E-state index contributed by atoms with van der Waals surface area (Å²) < 4.78 is 10.9. The quantitative estimate of drug-likeness (QED) is 0.473. The standard InChI is InChI=1S/C19H31N3O2/c1-4-24-18-13-16(9-10-17(18)23-3)8-5-11-21-19(20)22-12-6-7-15(2)14-22/h9-10,13,15H,4-8,11-12,14H2,1-3H3,(H2,20,21). The monoisotopic (exact) mass is 333 g/mol. The van der Waals surface area contributed by atoms with Gasteiger partial charge in [0.05, 0.1) is 13.7 Å². The summed E-state index contributed by atoms with van der Waals surface area (Å²) in [5.41, 5.74) is 7.37. The van der Waals surface area contributed by atoms with E-state index in [1.807, 2.05) is 13.0 Å². The van der Waals surface area contributed by atoms with E-state index in [2.05, 4.69) is 28.9 Å². The Bertz CT molecular complexity index is 545. The molecule has 0 saturated carbocycles. The van der Waals surface area contributed by atoms with Crippen LogP contribution in [0.4, 0.5) is 0 Å². The molecule has 0 radical (unpaired) electrons. The number of methoxy groups -OCH3 is 1. The minimum atomic E-state index is 0.634. The van der Waals surface area contributed by atoms with Crippen LogP contribution in [0, 0.1) is 5.92 Å². The molecule has 24 heavy (non-hydrogen) atoms. The number of aliphatic imine (C=N–C) groups is 1. The summed E-state index contributed by atoms with van der Waals surface area (Å²) in [7, 11) is 1.66. The van der Waals surface area contributed by atoms with E-state index in [-0.39, 0.29) is 0 Å². The number of rotatable bonds is 7. The Hall–Kier alpha value is -1.91. The maximum absolute atomic E-state index is 6.13. The molecule has 5 nitrogen and oxygen atoms in total. The van der Waals surface area contributed by atoms with Crippen molar-refractivity contribution in [2.24, 2.45) is 16.6 Å². The van der Waals surface area contributed by atoms with E-state index < -0.39 is 0 Å². The maximum atomic E-state index is 6.13. The minimum Gasteiger partial charge on any atom is -0.493 e. The third-order valence-electron chi connectivity index (χ3n) is 4.41. The number of ether oxygens (including phenoxy) is 2. The Labute approximate surface area is 145 Å². The Kier molecular flexibility index (Phi) is 7.22. The number of benzene rings is 1. The third-order valence-corrected chi connectivity index (χ3v) is 4.41. The molecular formula is C19H31N3O2. The van der Waals surface area contributed by atoms with Gasteiger partial charge in [-0.2, -0.15) is 0 Å². The van der Waals surface area contributed by atoms with Crippen LogP contribution in [0.25, 0.3) is 0 Å². The van der Waals surface area contributed by atoms with Crippen LogP contribution in [-0.4, -0.2) is 44.2 Å². The second-order valence-electron chi connectivity index (χ2n) is 6.46. The van der Waals surface area contributed by atoms with Crippen molar-refractivity contribution in [3.05, 3.63) is 23.8 Å². The molecule has 1 saturated heterocycles. The summed E-state index contributed by atoms with van der Waals surface area (Å²) in [5.74, 6) is 3.00. The third kappa shape index (κ3) is 5.32. The van der Waals surface area contributed by atoms with Gasteiger partial charge in [0.1, 0.15) is 0 Å². The molecule has 0 aliphatic carbocycles. The van der Waals surface area contributed by atoms with Crippen LogP contribution in [0.5, 0.6) is 11.5 Å². The van der Waals surface area contributed by atoms with Crippen molar-refractivity contribution in [2.45, 2.75) is 39.5 Å². The van der Waals surface area contributed by atoms with Gasteiger partial charge < -0.3 is 20.1 Å². The fraction of sp³-hybridized carbons (Fsp3) is 0.632. The van der Waals surface area contributed by atoms with Crippen LogP contribution in [0.1, 0.15) is 38.7 Å². The van der Waals surface area contributed by atoms with E-state index in [9.17, 15) is 0 Å². The molecule has 0 bridgehead atoms. The highest BCUT2D eigenvalue weighted by Gasteiger charge is 2.17. The van der Waals surface area contributed by atoms with Gasteiger partial charge in [-0.05, 0) is 56.2 Å². The lowest BCUT2D eigenvalue weighted by Gasteiger charge is -2.31. The Morgan fingerprint density at radius 3 is 2.92 bits per heavy atom. The van der Waals surface area contributed by atoms with Crippen LogP contribution in [0.15, 0.2) is 23.2 Å². The molecule has 1 fully saturated rings. The largest absolute Gasteiger partial charge is 0.493 e. The number of nitrogens with zero attached hydrogens (tertiary/aromatic N) is 2. The van der Waals surface area contributed by atoms with Crippen LogP contribution in [0.2, 0.25) is 0 Å². The van der Waals surface area contributed by atoms with Crippen LogP contribution in [0.3, 0.4) is 0 Å². The molecule has 0 spiro atoms. The zero-order valence-electron chi connectivity index (χ0n) is 15.3. The van der Waals surface area contributed by atoms with Gasteiger partial charge in [0.15, 0.2) is 17.5 Å². The predicted molar refractivity (Wildman–Crippen MR) is 98.9 cm³/mol. The second-order valence-corrected chi connectivity index (χ2v) is 6.46. The normalized spacial score (nSPS) is 18.5. The van der Waals surface area contributed by atoms with E-state index in [4.69, 9.17) is 15.2 Å². The molecule has 1 aliphatic rings. The number of likely N-dealkylation sites (tertiary alicyclic amines) is 1. The molecule has 1 atom stereocenters. The summed E-state index contributed by atoms with van der Waals surface area (Å²) >= 11 is 0. The van der Waals surface area contributed by atoms with E-state index in [0.29, 0.717) is 18.5 Å². The lowest BCUT2D eigenvalue weighted by atomic mass is 10.0. The average Bonchev–Trinajstić information content (AvgIpc) is 2.59. The molecule has 1 aromatic rings. The van der Waals surface area contributed by atoms with Gasteiger partial charge in [-0.1, -0.05) is 13.0 Å². The molecule has 0 aromatic heterocycles. The molecule has 134 valence electrons. The SMILES string of the molecule is CCOc1cc(CCCN=C(N)N2CCCC(C)C2)ccc1OC. The average molecular weight is 333 g/mol. The van der Waals surface area contributed by atoms with Gasteiger partial charge in [-0.15, -0.1) is 0 Å². The first-order valence-electron chi connectivity index (χ1n) is 8.98. The zero-order valence-corrected chi connectivity index (χ0v) is 15.3. The molecular weight excluding hydrogens is 302 g/mol. The number of hydrogen-bond acceptors (Lipinski definition) is 3. The van der Waals surface area contributed by atoms with Gasteiger partial charge in [-0.3, -0.25) is 4.99 Å². The molecule has 2 N–H and O–H groups in total. The summed E-state index contributed by atoms with van der Waals surface area (Å²) in [5, 5.41) is 0. The number of hydrogen-bond donors (Lipinski definition) is 1. The molecule has 2 rings (SSSR count). The summed E-state index contributed by atoms with van der Waals surface area (Å²) in [6.07, 6.45) is 4.44. The first-order chi connectivity index (χ1) is 11.6. The van der Waals surface area contributed by atoms with Gasteiger partial charge in [0.2, 0.25) is 0 Å². The number of piperidine rings is 1. The van der Waals surface area contributed by atoms with Gasteiger partial charge in [0.25, 0.3) is 0 Å². The lowest BCUT2D eigenvalue weighted by Crippen LogP contribution is -2.43. The van der Waals surface area contributed by atoms with Gasteiger partial charge >= 0.3 is 0 Å². The van der Waals surface area contributed by atoms with Crippen molar-refractivity contribution in [1.29, 1.82) is 0 Å². The number of guanidine groups is 1. The number of nitrogens with two attached hydrogens (primary N) is 1. The molecule has 1 heterocycles. The molecule has 1 unspecified atom stereocenters. The second kappa shape index (κ2) is 9.40. The highest BCUT2D eigenvalue weighted by molar-refractivity contribution is 5.78. The minimum absolute atomic E-state index is 0.634. The zero-order chi connectivity index (χ0) is 17.4. The Morgan fingerprint density at radius 1 is 1.38 bits per heavy atom. The summed E-state index contributed by atoms with van der Waals surface area (Å²) in [4.78, 5) is 6.77. The van der Waals surface area contributed by atoms with E-state index >= 15 is 0 Å². The van der Waals surface area contributed by atoms with E-state index in [1.165, 1.54) is 18.4 Å². The molecule has 0 amide bonds. The Morgan fingerprint density at radius 2 is 2.21 bits per heavy atom. The predicted octanol–water partition coefficient (Wildman–Crippen LogP) is 3.07. The lowest BCUT2D eigenvalue weighted by molar-refractivity contribution is 0.270. The van der Waals surface area contributed by atoms with E-state index in [0.717, 1.165) is 44.0 Å². The Balaban J connectivity index is 1.83. The van der Waals surface area contributed by atoms with Crippen molar-refractivity contribution in [1.82, 2.24) is 4.90 Å². The smallest absolute Gasteiger partial charge is 0.191 e. The van der Waals surface area contributed by atoms with Crippen molar-refractivity contribution < 1.29 is 9.47 Å². The highest BCUT2D eigenvalue weighted by Crippen LogP contribution is 2.28. The topological polar surface area (TPSA) is 60.1 Å². The van der Waals surface area contributed by atoms with Gasteiger partial charge in [0, 0.05) is 19.6 Å². The first kappa shape index (κ1) is 18.4. The fourth-order valence-electron chi connectivity index (χ4n) is 3.12. The van der Waals surface area contributed by atoms with Crippen molar-refractivity contribution in [3.8, 4) is 11.5 Å². The highest BCUT2D eigenvalue weighted by atomic mass is 16.5. The fourth-order valence-corrected chi connectivity index (χ4v) is 3.12. The van der Waals surface area contributed by atoms with Crippen LogP contribution in [-0.2, 0) is 6.42 Å². The van der Waals surface area contributed by atoms with E-state index in [1.54, 1.807) is 7.11 Å². The van der Waals surface area contributed by atoms with Crippen molar-refractivity contribution in [3.63, 3.8) is 0 Å². The first-order valence-corrected chi connectivity index (χ1v) is 8.98. The molecule has 1 aliphatic heterocycles. The van der Waals surface area contributed by atoms with Crippen LogP contribution < -0.4 is 15.2 Å². The van der Waals surface area contributed by atoms with Crippen LogP contribution >= 0.6 is 0 Å². The maximum Gasteiger partial charge on any atom is 0.191 e. The summed E-state index contributed by atoms with van der Waals surface area (Å²) in [6.45, 7) is 7.72. The van der Waals surface area contributed by atoms with Crippen molar-refractivity contribution in [2.75, 3.05) is 33.4 Å².